The highest BCUT2D eigenvalue weighted by atomic mass is 79.9. The van der Waals surface area contributed by atoms with Gasteiger partial charge >= 0.3 is 0 Å². The normalized spacial score (nSPS) is 16.6. The lowest BCUT2D eigenvalue weighted by Crippen LogP contribution is -2.35. The molecule has 1 aliphatic rings. The van der Waals surface area contributed by atoms with E-state index in [9.17, 15) is 0 Å². The molecule has 0 unspecified atom stereocenters. The second kappa shape index (κ2) is 6.21. The summed E-state index contributed by atoms with van der Waals surface area (Å²) >= 11 is 3.46. The predicted molar refractivity (Wildman–Crippen MR) is 75.7 cm³/mol. The van der Waals surface area contributed by atoms with E-state index in [1.807, 2.05) is 12.1 Å². The minimum atomic E-state index is 0.675. The predicted octanol–water partition coefficient (Wildman–Crippen LogP) is 3.18. The Labute approximate surface area is 116 Å². The molecular weight excluding hydrogens is 292 g/mol. The second-order valence-corrected chi connectivity index (χ2v) is 5.61. The van der Waals surface area contributed by atoms with Crippen LogP contribution in [0.4, 0.5) is 5.69 Å². The first-order chi connectivity index (χ1) is 8.72. The van der Waals surface area contributed by atoms with Crippen LogP contribution in [-0.2, 0) is 4.74 Å². The Morgan fingerprint density at radius 1 is 1.39 bits per heavy atom. The maximum atomic E-state index is 8.99. The quantitative estimate of drug-likeness (QED) is 0.860. The number of nitriles is 1. The molecule has 1 aromatic rings. The van der Waals surface area contributed by atoms with Crippen molar-refractivity contribution in [1.82, 2.24) is 0 Å². The Bertz CT molecular complexity index is 448. The molecule has 3 nitrogen and oxygen atoms in total. The van der Waals surface area contributed by atoms with Gasteiger partial charge in [-0.2, -0.15) is 5.26 Å². The average Bonchev–Trinajstić information content (AvgIpc) is 2.39. The summed E-state index contributed by atoms with van der Waals surface area (Å²) in [5, 5.41) is 8.99. The van der Waals surface area contributed by atoms with Gasteiger partial charge in [0.2, 0.25) is 0 Å². The van der Waals surface area contributed by atoms with Crippen molar-refractivity contribution in [2.45, 2.75) is 12.8 Å². The van der Waals surface area contributed by atoms with E-state index in [-0.39, 0.29) is 0 Å². The number of ether oxygens (including phenoxy) is 1. The molecule has 1 heterocycles. The van der Waals surface area contributed by atoms with Crippen LogP contribution < -0.4 is 4.90 Å². The van der Waals surface area contributed by atoms with Crippen LogP contribution in [0.5, 0.6) is 0 Å². The number of methoxy groups -OCH3 is 1. The number of anilines is 1. The zero-order chi connectivity index (χ0) is 13.0. The summed E-state index contributed by atoms with van der Waals surface area (Å²) in [6, 6.07) is 8.09. The SMILES string of the molecule is COCC1CCN(c2cc(Br)cc(C#N)c2)CC1. The molecule has 0 aliphatic carbocycles. The van der Waals surface area contributed by atoms with Gasteiger partial charge in [-0.05, 0) is 37.0 Å². The molecule has 1 saturated heterocycles. The molecule has 1 aromatic carbocycles. The Hall–Kier alpha value is -1.05. The first-order valence-electron chi connectivity index (χ1n) is 6.17. The fourth-order valence-corrected chi connectivity index (χ4v) is 2.90. The number of hydrogen-bond donors (Lipinski definition) is 0. The number of halogens is 1. The van der Waals surface area contributed by atoms with Crippen LogP contribution in [0, 0.1) is 17.2 Å². The van der Waals surface area contributed by atoms with Gasteiger partial charge in [-0.25, -0.2) is 0 Å². The zero-order valence-electron chi connectivity index (χ0n) is 10.5. The van der Waals surface area contributed by atoms with Gasteiger partial charge in [-0.15, -0.1) is 0 Å². The third kappa shape index (κ3) is 3.24. The molecule has 18 heavy (non-hydrogen) atoms. The molecule has 0 atom stereocenters. The highest BCUT2D eigenvalue weighted by Crippen LogP contribution is 2.27. The highest BCUT2D eigenvalue weighted by molar-refractivity contribution is 9.10. The summed E-state index contributed by atoms with van der Waals surface area (Å²) in [4.78, 5) is 2.34. The number of piperidine rings is 1. The summed E-state index contributed by atoms with van der Waals surface area (Å²) < 4.78 is 6.18. The first-order valence-corrected chi connectivity index (χ1v) is 6.97. The lowest BCUT2D eigenvalue weighted by Gasteiger charge is -2.33. The molecule has 1 aliphatic heterocycles. The van der Waals surface area contributed by atoms with Crippen molar-refractivity contribution in [3.05, 3.63) is 28.2 Å². The van der Waals surface area contributed by atoms with Crippen LogP contribution in [0.15, 0.2) is 22.7 Å². The van der Waals surface area contributed by atoms with Gasteiger partial charge in [0.15, 0.2) is 0 Å². The van der Waals surface area contributed by atoms with Crippen LogP contribution >= 0.6 is 15.9 Å². The van der Waals surface area contributed by atoms with Gasteiger partial charge in [0.1, 0.15) is 0 Å². The van der Waals surface area contributed by atoms with Crippen molar-refractivity contribution in [3.8, 4) is 6.07 Å². The minimum Gasteiger partial charge on any atom is -0.384 e. The number of rotatable bonds is 3. The summed E-state index contributed by atoms with van der Waals surface area (Å²) in [5.41, 5.74) is 1.84. The van der Waals surface area contributed by atoms with Crippen LogP contribution in [0.3, 0.4) is 0 Å². The molecular formula is C14H17BrN2O. The first kappa shape index (κ1) is 13.4. The number of benzene rings is 1. The lowest BCUT2D eigenvalue weighted by atomic mass is 9.97. The van der Waals surface area contributed by atoms with E-state index >= 15 is 0 Å². The van der Waals surface area contributed by atoms with E-state index < -0.39 is 0 Å². The van der Waals surface area contributed by atoms with Gasteiger partial charge in [0, 0.05) is 37.0 Å². The van der Waals surface area contributed by atoms with Gasteiger partial charge in [0.05, 0.1) is 11.6 Å². The largest absolute Gasteiger partial charge is 0.384 e. The Kier molecular flexibility index (Phi) is 4.62. The summed E-state index contributed by atoms with van der Waals surface area (Å²) in [6.45, 7) is 2.93. The molecule has 0 spiro atoms. The smallest absolute Gasteiger partial charge is 0.0992 e. The molecule has 2 rings (SSSR count). The highest BCUT2D eigenvalue weighted by Gasteiger charge is 2.19. The van der Waals surface area contributed by atoms with Gasteiger partial charge < -0.3 is 9.64 Å². The van der Waals surface area contributed by atoms with E-state index in [1.54, 1.807) is 7.11 Å². The number of nitrogens with zero attached hydrogens (tertiary/aromatic N) is 2. The molecule has 0 amide bonds. The fraction of sp³-hybridized carbons (Fsp3) is 0.500. The van der Waals surface area contributed by atoms with E-state index in [1.165, 1.54) is 0 Å². The van der Waals surface area contributed by atoms with Gasteiger partial charge in [-0.1, -0.05) is 15.9 Å². The monoisotopic (exact) mass is 308 g/mol. The van der Waals surface area contributed by atoms with E-state index in [2.05, 4.69) is 33.0 Å². The number of hydrogen-bond acceptors (Lipinski definition) is 3. The maximum Gasteiger partial charge on any atom is 0.0992 e. The topological polar surface area (TPSA) is 36.3 Å². The Morgan fingerprint density at radius 3 is 2.72 bits per heavy atom. The lowest BCUT2D eigenvalue weighted by molar-refractivity contribution is 0.139. The molecule has 0 aromatic heterocycles. The van der Waals surface area contributed by atoms with Crippen molar-refractivity contribution in [2.24, 2.45) is 5.92 Å². The van der Waals surface area contributed by atoms with Crippen LogP contribution in [0.1, 0.15) is 18.4 Å². The van der Waals surface area contributed by atoms with Crippen LogP contribution in [-0.4, -0.2) is 26.8 Å². The van der Waals surface area contributed by atoms with Crippen LogP contribution in [0.25, 0.3) is 0 Å². The summed E-state index contributed by atoms with van der Waals surface area (Å²) in [7, 11) is 1.76. The van der Waals surface area contributed by atoms with E-state index in [0.717, 1.165) is 42.7 Å². The fourth-order valence-electron chi connectivity index (χ4n) is 2.41. The summed E-state index contributed by atoms with van der Waals surface area (Å²) in [6.07, 6.45) is 2.31. The van der Waals surface area contributed by atoms with Gasteiger partial charge in [-0.3, -0.25) is 0 Å². The third-order valence-corrected chi connectivity index (χ3v) is 3.85. The molecule has 0 radical (unpaired) electrons. The van der Waals surface area contributed by atoms with Crippen molar-refractivity contribution >= 4 is 21.6 Å². The van der Waals surface area contributed by atoms with Crippen molar-refractivity contribution in [3.63, 3.8) is 0 Å². The molecule has 96 valence electrons. The molecule has 4 heteroatoms. The van der Waals surface area contributed by atoms with Crippen molar-refractivity contribution < 1.29 is 4.74 Å². The van der Waals surface area contributed by atoms with Crippen molar-refractivity contribution in [2.75, 3.05) is 31.7 Å². The average molecular weight is 309 g/mol. The standard InChI is InChI=1S/C14H17BrN2O/c1-18-10-11-2-4-17(5-3-11)14-7-12(9-16)6-13(15)8-14/h6-8,11H,2-5,10H2,1H3. The minimum absolute atomic E-state index is 0.675. The molecule has 0 saturated carbocycles. The third-order valence-electron chi connectivity index (χ3n) is 3.39. The maximum absolute atomic E-state index is 8.99. The second-order valence-electron chi connectivity index (χ2n) is 4.70. The van der Waals surface area contributed by atoms with E-state index in [4.69, 9.17) is 10.00 Å². The van der Waals surface area contributed by atoms with Gasteiger partial charge in [0.25, 0.3) is 0 Å². The molecule has 1 fully saturated rings. The summed E-state index contributed by atoms with van der Waals surface area (Å²) in [5.74, 6) is 0.675. The Balaban J connectivity index is 2.05. The van der Waals surface area contributed by atoms with Crippen molar-refractivity contribution in [1.29, 1.82) is 5.26 Å². The molecule has 0 bridgehead atoms. The molecule has 0 N–H and O–H groups in total. The Morgan fingerprint density at radius 2 is 2.11 bits per heavy atom. The van der Waals surface area contributed by atoms with Crippen LogP contribution in [0.2, 0.25) is 0 Å². The zero-order valence-corrected chi connectivity index (χ0v) is 12.1. The van der Waals surface area contributed by atoms with E-state index in [0.29, 0.717) is 11.5 Å².